The van der Waals surface area contributed by atoms with E-state index in [0.717, 1.165) is 0 Å². The van der Waals surface area contributed by atoms with Gasteiger partial charge in [0.25, 0.3) is 0 Å². The highest BCUT2D eigenvalue weighted by atomic mass is 16.5. The molecule has 92 valence electrons. The van der Waals surface area contributed by atoms with Crippen LogP contribution in [0.5, 0.6) is 0 Å². The van der Waals surface area contributed by atoms with Gasteiger partial charge in [-0.25, -0.2) is 9.78 Å². The van der Waals surface area contributed by atoms with Crippen LogP contribution in [0.1, 0.15) is 24.3 Å². The quantitative estimate of drug-likeness (QED) is 0.819. The summed E-state index contributed by atoms with van der Waals surface area (Å²) in [4.78, 5) is 20.9. The monoisotopic (exact) mass is 237 g/mol. The Labute approximate surface area is 99.2 Å². The van der Waals surface area contributed by atoms with E-state index in [2.05, 4.69) is 9.97 Å². The van der Waals surface area contributed by atoms with Crippen LogP contribution in [0.2, 0.25) is 0 Å². The molecule has 2 heterocycles. The number of carboxylic acid groups (broad SMARTS) is 1. The van der Waals surface area contributed by atoms with Crippen LogP contribution in [-0.2, 0) is 4.74 Å². The molecule has 1 aromatic heterocycles. The first kappa shape index (κ1) is 11.8. The minimum atomic E-state index is -1.06. The van der Waals surface area contributed by atoms with E-state index in [9.17, 15) is 4.79 Å². The van der Waals surface area contributed by atoms with Gasteiger partial charge in [-0.1, -0.05) is 0 Å². The Morgan fingerprint density at radius 2 is 2.29 bits per heavy atom. The Kier molecular flexibility index (Phi) is 3.23. The first-order valence-corrected chi connectivity index (χ1v) is 5.51. The zero-order valence-electron chi connectivity index (χ0n) is 9.83. The third-order valence-electron chi connectivity index (χ3n) is 2.74. The van der Waals surface area contributed by atoms with E-state index in [0.29, 0.717) is 19.0 Å². The summed E-state index contributed by atoms with van der Waals surface area (Å²) >= 11 is 0. The number of anilines is 1. The predicted molar refractivity (Wildman–Crippen MR) is 61.2 cm³/mol. The summed E-state index contributed by atoms with van der Waals surface area (Å²) in [7, 11) is 0. The third-order valence-corrected chi connectivity index (χ3v) is 2.74. The molecular weight excluding hydrogens is 222 g/mol. The maximum absolute atomic E-state index is 10.8. The summed E-state index contributed by atoms with van der Waals surface area (Å²) in [6.07, 6.45) is 2.95. The van der Waals surface area contributed by atoms with Crippen molar-refractivity contribution < 1.29 is 14.6 Å². The normalized spacial score (nSPS) is 24.7. The number of aromatic carboxylic acids is 1. The van der Waals surface area contributed by atoms with Crippen LogP contribution in [0.3, 0.4) is 0 Å². The number of carboxylic acids is 1. The standard InChI is InChI=1S/C11H15N3O3/c1-7-6-17-8(2)5-14(7)10-4-12-3-9(13-10)11(15)16/h3-4,7-8H,5-6H2,1-2H3,(H,15,16). The van der Waals surface area contributed by atoms with Gasteiger partial charge in [0, 0.05) is 6.54 Å². The van der Waals surface area contributed by atoms with Gasteiger partial charge in [0.2, 0.25) is 0 Å². The van der Waals surface area contributed by atoms with Crippen molar-refractivity contribution in [3.63, 3.8) is 0 Å². The van der Waals surface area contributed by atoms with E-state index < -0.39 is 5.97 Å². The van der Waals surface area contributed by atoms with Crippen molar-refractivity contribution in [2.24, 2.45) is 0 Å². The smallest absolute Gasteiger partial charge is 0.356 e. The number of carbonyl (C=O) groups is 1. The third kappa shape index (κ3) is 2.52. The maximum Gasteiger partial charge on any atom is 0.356 e. The lowest BCUT2D eigenvalue weighted by Gasteiger charge is -2.37. The Morgan fingerprint density at radius 3 is 3.00 bits per heavy atom. The summed E-state index contributed by atoms with van der Waals surface area (Å²) in [6, 6.07) is 0.171. The average molecular weight is 237 g/mol. The highest BCUT2D eigenvalue weighted by molar-refractivity contribution is 5.85. The van der Waals surface area contributed by atoms with Crippen LogP contribution in [0.4, 0.5) is 5.82 Å². The first-order chi connectivity index (χ1) is 8.08. The van der Waals surface area contributed by atoms with Crippen LogP contribution < -0.4 is 4.90 Å². The second-order valence-electron chi connectivity index (χ2n) is 4.21. The number of rotatable bonds is 2. The van der Waals surface area contributed by atoms with Crippen molar-refractivity contribution in [1.29, 1.82) is 0 Å². The summed E-state index contributed by atoms with van der Waals surface area (Å²) in [5.74, 6) is -0.471. The van der Waals surface area contributed by atoms with Gasteiger partial charge in [-0.05, 0) is 13.8 Å². The topological polar surface area (TPSA) is 75.6 Å². The molecule has 0 saturated carbocycles. The molecule has 2 rings (SSSR count). The molecule has 1 aliphatic rings. The zero-order valence-corrected chi connectivity index (χ0v) is 9.83. The highest BCUT2D eigenvalue weighted by Gasteiger charge is 2.25. The number of morpholine rings is 1. The van der Waals surface area contributed by atoms with E-state index >= 15 is 0 Å². The number of nitrogens with zero attached hydrogens (tertiary/aromatic N) is 3. The van der Waals surface area contributed by atoms with E-state index in [4.69, 9.17) is 9.84 Å². The van der Waals surface area contributed by atoms with Crippen LogP contribution >= 0.6 is 0 Å². The van der Waals surface area contributed by atoms with Crippen molar-refractivity contribution in [2.75, 3.05) is 18.1 Å². The molecule has 6 heteroatoms. The minimum Gasteiger partial charge on any atom is -0.476 e. The van der Waals surface area contributed by atoms with Crippen LogP contribution in [0, 0.1) is 0 Å². The van der Waals surface area contributed by atoms with Crippen LogP contribution in [0.15, 0.2) is 12.4 Å². The lowest BCUT2D eigenvalue weighted by molar-refractivity contribution is 0.0340. The zero-order chi connectivity index (χ0) is 12.4. The van der Waals surface area contributed by atoms with Gasteiger partial charge in [0.15, 0.2) is 5.69 Å². The number of hydrogen-bond donors (Lipinski definition) is 1. The lowest BCUT2D eigenvalue weighted by Crippen LogP contribution is -2.47. The van der Waals surface area contributed by atoms with Gasteiger partial charge in [0.1, 0.15) is 5.82 Å². The van der Waals surface area contributed by atoms with Gasteiger partial charge in [-0.15, -0.1) is 0 Å². The molecule has 1 N–H and O–H groups in total. The molecule has 0 bridgehead atoms. The molecule has 1 fully saturated rings. The van der Waals surface area contributed by atoms with Crippen LogP contribution in [0.25, 0.3) is 0 Å². The Hall–Kier alpha value is -1.69. The summed E-state index contributed by atoms with van der Waals surface area (Å²) in [6.45, 7) is 5.30. The van der Waals surface area contributed by atoms with Crippen LogP contribution in [-0.4, -0.2) is 46.3 Å². The largest absolute Gasteiger partial charge is 0.476 e. The molecule has 0 radical (unpaired) electrons. The van der Waals surface area contributed by atoms with Gasteiger partial charge in [-0.2, -0.15) is 0 Å². The molecule has 0 amide bonds. The maximum atomic E-state index is 10.8. The molecule has 0 aliphatic carbocycles. The molecule has 2 atom stereocenters. The molecule has 0 spiro atoms. The lowest BCUT2D eigenvalue weighted by atomic mass is 10.2. The van der Waals surface area contributed by atoms with Gasteiger partial charge in [-0.3, -0.25) is 4.98 Å². The second-order valence-corrected chi connectivity index (χ2v) is 4.21. The number of aromatic nitrogens is 2. The van der Waals surface area contributed by atoms with E-state index in [-0.39, 0.29) is 17.8 Å². The van der Waals surface area contributed by atoms with E-state index in [1.54, 1.807) is 6.20 Å². The molecule has 2 unspecified atom stereocenters. The first-order valence-electron chi connectivity index (χ1n) is 5.51. The van der Waals surface area contributed by atoms with Crippen molar-refractivity contribution in [3.8, 4) is 0 Å². The summed E-state index contributed by atoms with van der Waals surface area (Å²) in [5, 5.41) is 8.88. The Bertz CT molecular complexity index is 424. The van der Waals surface area contributed by atoms with Crippen molar-refractivity contribution in [2.45, 2.75) is 26.0 Å². The van der Waals surface area contributed by atoms with E-state index in [1.165, 1.54) is 6.20 Å². The number of hydrogen-bond acceptors (Lipinski definition) is 5. The Morgan fingerprint density at radius 1 is 1.53 bits per heavy atom. The Balaban J connectivity index is 2.26. The summed E-state index contributed by atoms with van der Waals surface area (Å²) in [5.41, 5.74) is -0.0335. The SMILES string of the molecule is CC1CN(c2cncc(C(=O)O)n2)C(C)CO1. The average Bonchev–Trinajstić information content (AvgIpc) is 2.32. The molecular formula is C11H15N3O3. The molecule has 1 aromatic rings. The van der Waals surface area contributed by atoms with E-state index in [1.807, 2.05) is 18.7 Å². The van der Waals surface area contributed by atoms with Crippen molar-refractivity contribution in [3.05, 3.63) is 18.1 Å². The van der Waals surface area contributed by atoms with Crippen molar-refractivity contribution in [1.82, 2.24) is 9.97 Å². The fourth-order valence-corrected chi connectivity index (χ4v) is 1.82. The fourth-order valence-electron chi connectivity index (χ4n) is 1.82. The molecule has 0 aromatic carbocycles. The predicted octanol–water partition coefficient (Wildman–Crippen LogP) is 0.788. The molecule has 1 aliphatic heterocycles. The molecule has 6 nitrogen and oxygen atoms in total. The summed E-state index contributed by atoms with van der Waals surface area (Å²) < 4.78 is 5.51. The minimum absolute atomic E-state index is 0.0335. The van der Waals surface area contributed by atoms with Gasteiger partial charge >= 0.3 is 5.97 Å². The second kappa shape index (κ2) is 4.67. The number of ether oxygens (including phenoxy) is 1. The van der Waals surface area contributed by atoms with Gasteiger partial charge < -0.3 is 14.7 Å². The molecule has 17 heavy (non-hydrogen) atoms. The van der Waals surface area contributed by atoms with Crippen molar-refractivity contribution >= 4 is 11.8 Å². The van der Waals surface area contributed by atoms with Gasteiger partial charge in [0.05, 0.1) is 31.1 Å². The highest BCUT2D eigenvalue weighted by Crippen LogP contribution is 2.18. The fraction of sp³-hybridized carbons (Fsp3) is 0.545. The molecule has 1 saturated heterocycles.